The van der Waals surface area contributed by atoms with Gasteiger partial charge in [-0.1, -0.05) is 32.0 Å². The average Bonchev–Trinajstić information content (AvgIpc) is 3.20. The van der Waals surface area contributed by atoms with E-state index in [1.54, 1.807) is 0 Å². The third-order valence-electron chi connectivity index (χ3n) is 4.93. The molecule has 26 heavy (non-hydrogen) atoms. The minimum Gasteiger partial charge on any atom is -0.360 e. The second kappa shape index (κ2) is 7.21. The largest absolute Gasteiger partial charge is 0.360 e. The van der Waals surface area contributed by atoms with Crippen LogP contribution in [0.2, 0.25) is 0 Å². The molecular formula is C20H24N4OS. The summed E-state index contributed by atoms with van der Waals surface area (Å²) in [4.78, 5) is 22.5. The van der Waals surface area contributed by atoms with E-state index in [-0.39, 0.29) is 5.91 Å². The minimum atomic E-state index is 0.0196. The van der Waals surface area contributed by atoms with Crippen LogP contribution in [0.15, 0.2) is 35.8 Å². The number of likely N-dealkylation sites (tertiary alicyclic amines) is 1. The molecule has 1 aliphatic heterocycles. The summed E-state index contributed by atoms with van der Waals surface area (Å²) in [6.45, 7) is 6.95. The zero-order valence-electron chi connectivity index (χ0n) is 15.2. The molecule has 0 radical (unpaired) electrons. The minimum absolute atomic E-state index is 0.0196. The molecule has 0 aliphatic carbocycles. The number of carbonyl (C=O) groups is 1. The van der Waals surface area contributed by atoms with E-state index in [0.717, 1.165) is 35.2 Å². The summed E-state index contributed by atoms with van der Waals surface area (Å²) in [7, 11) is 0. The van der Waals surface area contributed by atoms with Gasteiger partial charge in [-0.2, -0.15) is 0 Å². The van der Waals surface area contributed by atoms with E-state index in [2.05, 4.69) is 46.2 Å². The number of nitrogens with one attached hydrogen (secondary N) is 2. The second-order valence-electron chi connectivity index (χ2n) is 7.47. The van der Waals surface area contributed by atoms with Crippen molar-refractivity contribution in [2.45, 2.75) is 20.3 Å². The summed E-state index contributed by atoms with van der Waals surface area (Å²) >= 11 is 1.47. The summed E-state index contributed by atoms with van der Waals surface area (Å²) in [5.74, 6) is 1.32. The van der Waals surface area contributed by atoms with Gasteiger partial charge in [-0.15, -0.1) is 11.3 Å². The number of amides is 1. The van der Waals surface area contributed by atoms with Crippen molar-refractivity contribution in [3.05, 3.63) is 35.8 Å². The highest BCUT2D eigenvalue weighted by Crippen LogP contribution is 2.31. The smallest absolute Gasteiger partial charge is 0.240 e. The predicted molar refractivity (Wildman–Crippen MR) is 107 cm³/mol. The molecule has 0 bridgehead atoms. The quantitative estimate of drug-likeness (QED) is 0.725. The number of H-pyrrole nitrogens is 1. The van der Waals surface area contributed by atoms with Gasteiger partial charge in [0.1, 0.15) is 0 Å². The third-order valence-corrected chi connectivity index (χ3v) is 5.69. The van der Waals surface area contributed by atoms with Crippen molar-refractivity contribution in [3.8, 4) is 11.3 Å². The van der Waals surface area contributed by atoms with E-state index in [0.29, 0.717) is 23.5 Å². The molecule has 1 aromatic carbocycles. The second-order valence-corrected chi connectivity index (χ2v) is 8.33. The van der Waals surface area contributed by atoms with Crippen LogP contribution in [0.1, 0.15) is 20.3 Å². The number of thiazole rings is 1. The lowest BCUT2D eigenvalue weighted by molar-refractivity contribution is -0.117. The van der Waals surface area contributed by atoms with E-state index in [4.69, 9.17) is 0 Å². The number of rotatable bonds is 4. The molecule has 1 fully saturated rings. The number of aromatic amines is 1. The lowest BCUT2D eigenvalue weighted by atomic mass is 9.92. The number of nitrogens with zero attached hydrogens (tertiary/aromatic N) is 2. The van der Waals surface area contributed by atoms with Gasteiger partial charge in [0.05, 0.1) is 12.2 Å². The van der Waals surface area contributed by atoms with Crippen molar-refractivity contribution in [1.82, 2.24) is 14.9 Å². The molecule has 6 heteroatoms. The number of para-hydroxylation sites is 1. The Morgan fingerprint density at radius 1 is 1.31 bits per heavy atom. The third kappa shape index (κ3) is 3.66. The Balaban J connectivity index is 1.43. The van der Waals surface area contributed by atoms with Gasteiger partial charge in [0.2, 0.25) is 5.91 Å². The molecule has 2 N–H and O–H groups in total. The maximum atomic E-state index is 12.4. The Morgan fingerprint density at radius 3 is 2.88 bits per heavy atom. The van der Waals surface area contributed by atoms with Gasteiger partial charge in [0.25, 0.3) is 0 Å². The van der Waals surface area contributed by atoms with Crippen LogP contribution >= 0.6 is 11.3 Å². The van der Waals surface area contributed by atoms with Crippen molar-refractivity contribution < 1.29 is 4.79 Å². The van der Waals surface area contributed by atoms with E-state index in [9.17, 15) is 4.79 Å². The number of piperidine rings is 1. The normalized spacial score (nSPS) is 21.2. The molecule has 0 spiro atoms. The molecule has 4 rings (SSSR count). The predicted octanol–water partition coefficient (Wildman–Crippen LogP) is 4.21. The van der Waals surface area contributed by atoms with Crippen LogP contribution in [0.4, 0.5) is 5.13 Å². The van der Waals surface area contributed by atoms with E-state index >= 15 is 0 Å². The fraction of sp³-hybridized carbons (Fsp3) is 0.400. The fourth-order valence-corrected chi connectivity index (χ4v) is 4.75. The highest BCUT2D eigenvalue weighted by atomic mass is 32.1. The zero-order chi connectivity index (χ0) is 18.1. The van der Waals surface area contributed by atoms with Crippen molar-refractivity contribution in [2.75, 3.05) is 25.0 Å². The molecule has 0 unspecified atom stereocenters. The van der Waals surface area contributed by atoms with Gasteiger partial charge in [-0.05, 0) is 24.3 Å². The van der Waals surface area contributed by atoms with Crippen molar-refractivity contribution in [3.63, 3.8) is 0 Å². The highest BCUT2D eigenvalue weighted by molar-refractivity contribution is 7.14. The molecule has 5 nitrogen and oxygen atoms in total. The monoisotopic (exact) mass is 368 g/mol. The molecular weight excluding hydrogens is 344 g/mol. The number of benzene rings is 1. The van der Waals surface area contributed by atoms with E-state index in [1.807, 2.05) is 23.7 Å². The average molecular weight is 369 g/mol. The Labute approximate surface area is 157 Å². The Hall–Kier alpha value is -2.18. The maximum Gasteiger partial charge on any atom is 0.240 e. The summed E-state index contributed by atoms with van der Waals surface area (Å²) in [6.07, 6.45) is 3.22. The first-order valence-corrected chi connectivity index (χ1v) is 10.0. The summed E-state index contributed by atoms with van der Waals surface area (Å²) < 4.78 is 0. The van der Waals surface area contributed by atoms with Gasteiger partial charge >= 0.3 is 0 Å². The Bertz CT molecular complexity index is 905. The van der Waals surface area contributed by atoms with Crippen molar-refractivity contribution in [1.29, 1.82) is 0 Å². The van der Waals surface area contributed by atoms with Crippen molar-refractivity contribution in [2.24, 2.45) is 11.8 Å². The van der Waals surface area contributed by atoms with Gasteiger partial charge < -0.3 is 10.3 Å². The molecule has 1 saturated heterocycles. The molecule has 3 heterocycles. The summed E-state index contributed by atoms with van der Waals surface area (Å²) in [6, 6.07) is 8.17. The molecule has 2 aromatic heterocycles. The fourth-order valence-electron chi connectivity index (χ4n) is 4.02. The molecule has 136 valence electrons. The van der Waals surface area contributed by atoms with Gasteiger partial charge in [-0.3, -0.25) is 9.69 Å². The molecule has 1 aliphatic rings. The standard InChI is InChI=1S/C20H24N4OS/c1-13-7-14(2)10-24(9-13)11-19(25)23-20-22-18(12-26-20)16-8-21-17-6-4-3-5-15(16)17/h3-6,8,12-14,21H,7,9-11H2,1-2H3,(H,22,23,25)/t13-,14-/m1/s1. The van der Waals surface area contributed by atoms with Crippen LogP contribution in [0.5, 0.6) is 0 Å². The number of anilines is 1. The SMILES string of the molecule is C[C@@H]1C[C@@H](C)CN(CC(=O)Nc2nc(-c3c[nH]c4ccccc34)cs2)C1. The molecule has 3 aromatic rings. The van der Waals surface area contributed by atoms with Crippen LogP contribution in [-0.2, 0) is 4.79 Å². The number of hydrogen-bond donors (Lipinski definition) is 2. The van der Waals surface area contributed by atoms with Crippen LogP contribution < -0.4 is 5.32 Å². The Morgan fingerprint density at radius 2 is 2.08 bits per heavy atom. The zero-order valence-corrected chi connectivity index (χ0v) is 16.0. The number of carbonyl (C=O) groups excluding carboxylic acids is 1. The van der Waals surface area contributed by atoms with Gasteiger partial charge in [0.15, 0.2) is 5.13 Å². The number of fused-ring (bicyclic) bond motifs is 1. The van der Waals surface area contributed by atoms with Crippen LogP contribution in [0.25, 0.3) is 22.2 Å². The van der Waals surface area contributed by atoms with Gasteiger partial charge in [-0.25, -0.2) is 4.98 Å². The maximum absolute atomic E-state index is 12.4. The van der Waals surface area contributed by atoms with Crippen LogP contribution in [0.3, 0.4) is 0 Å². The topological polar surface area (TPSA) is 61.0 Å². The molecule has 2 atom stereocenters. The van der Waals surface area contributed by atoms with Crippen molar-refractivity contribution >= 4 is 33.3 Å². The lowest BCUT2D eigenvalue weighted by Gasteiger charge is -2.34. The van der Waals surface area contributed by atoms with E-state index < -0.39 is 0 Å². The first-order valence-electron chi connectivity index (χ1n) is 9.12. The highest BCUT2D eigenvalue weighted by Gasteiger charge is 2.23. The first-order chi connectivity index (χ1) is 12.6. The number of hydrogen-bond acceptors (Lipinski definition) is 4. The first kappa shape index (κ1) is 17.2. The summed E-state index contributed by atoms with van der Waals surface area (Å²) in [5.41, 5.74) is 3.05. The summed E-state index contributed by atoms with van der Waals surface area (Å²) in [5, 5.41) is 6.77. The number of aromatic nitrogens is 2. The Kier molecular flexibility index (Phi) is 4.78. The molecule has 1 amide bonds. The lowest BCUT2D eigenvalue weighted by Crippen LogP contribution is -2.42. The van der Waals surface area contributed by atoms with Crippen LogP contribution in [0, 0.1) is 11.8 Å². The van der Waals surface area contributed by atoms with Crippen LogP contribution in [-0.4, -0.2) is 40.4 Å². The van der Waals surface area contributed by atoms with E-state index in [1.165, 1.54) is 17.8 Å². The van der Waals surface area contributed by atoms with Gasteiger partial charge in [0, 0.05) is 41.1 Å². The molecule has 0 saturated carbocycles.